The quantitative estimate of drug-likeness (QED) is 0.183. The number of hydrogen-bond acceptors (Lipinski definition) is 5. The van der Waals surface area contributed by atoms with Crippen LogP contribution in [0.5, 0.6) is 0 Å². The predicted molar refractivity (Wildman–Crippen MR) is 139 cm³/mol. The van der Waals surface area contributed by atoms with E-state index in [0.717, 1.165) is 58.9 Å². The van der Waals surface area contributed by atoms with Crippen molar-refractivity contribution in [2.45, 2.75) is 84.6 Å². The zero-order valence-electron chi connectivity index (χ0n) is 22.0. The van der Waals surface area contributed by atoms with Crippen molar-refractivity contribution in [2.24, 2.45) is 0 Å². The first kappa shape index (κ1) is 31.1. The molecule has 1 atom stereocenters. The number of hydrogen-bond donors (Lipinski definition) is 1. The number of nitrogens with one attached hydrogen (secondary N) is 1. The van der Waals surface area contributed by atoms with E-state index >= 15 is 4.39 Å². The molecule has 1 aromatic carbocycles. The summed E-state index contributed by atoms with van der Waals surface area (Å²) in [5.41, 5.74) is -1.71. The number of amides is 1. The van der Waals surface area contributed by atoms with Crippen LogP contribution in [0.1, 0.15) is 76.1 Å². The SMILES string of the molecule is CCC[CH2][Sn]([CH2]CCC)([CH2]CCC)/[C](F)=C/[C@](CC(=O)OC)(NC(=O)c1ccccc1)C(=O)OC. The molecule has 1 amide bonds. The van der Waals surface area contributed by atoms with Gasteiger partial charge < -0.3 is 0 Å². The number of unbranched alkanes of at least 4 members (excludes halogenated alkanes) is 3. The maximum atomic E-state index is 16.5. The van der Waals surface area contributed by atoms with Gasteiger partial charge >= 0.3 is 214 Å². The van der Waals surface area contributed by atoms with Gasteiger partial charge in [-0.05, 0) is 0 Å². The number of benzene rings is 1. The third-order valence-corrected chi connectivity index (χ3v) is 21.0. The van der Waals surface area contributed by atoms with Gasteiger partial charge in [-0.2, -0.15) is 0 Å². The molecule has 0 aromatic heterocycles. The maximum absolute atomic E-state index is 16.5. The summed E-state index contributed by atoms with van der Waals surface area (Å²) in [6, 6.07) is 8.31. The first-order valence-electron chi connectivity index (χ1n) is 12.7. The van der Waals surface area contributed by atoms with Crippen LogP contribution in [0.2, 0.25) is 13.3 Å². The van der Waals surface area contributed by atoms with Crippen molar-refractivity contribution in [3.8, 4) is 0 Å². The number of carbonyl (C=O) groups is 3. The van der Waals surface area contributed by atoms with E-state index in [2.05, 4.69) is 26.1 Å². The van der Waals surface area contributed by atoms with Crippen LogP contribution in [-0.2, 0) is 19.1 Å². The van der Waals surface area contributed by atoms with Crippen LogP contribution in [0.25, 0.3) is 0 Å². The third-order valence-electron chi connectivity index (χ3n) is 6.48. The Morgan fingerprint density at radius 2 is 1.43 bits per heavy atom. The number of carbonyl (C=O) groups excluding carboxylic acids is 3. The molecule has 196 valence electrons. The summed E-state index contributed by atoms with van der Waals surface area (Å²) in [5, 5.41) is 2.64. The number of rotatable bonds is 16. The van der Waals surface area contributed by atoms with Crippen molar-refractivity contribution in [3.05, 3.63) is 45.8 Å². The van der Waals surface area contributed by atoms with Crippen LogP contribution < -0.4 is 5.32 Å². The Balaban J connectivity index is 3.68. The van der Waals surface area contributed by atoms with E-state index in [-0.39, 0.29) is 9.41 Å². The second-order valence-electron chi connectivity index (χ2n) is 9.12. The minimum absolute atomic E-state index is 0.280. The second kappa shape index (κ2) is 16.0. The van der Waals surface area contributed by atoms with E-state index < -0.39 is 48.2 Å². The van der Waals surface area contributed by atoms with E-state index in [0.29, 0.717) is 0 Å². The number of ether oxygens (including phenoxy) is 2. The fourth-order valence-electron chi connectivity index (χ4n) is 4.31. The minimum atomic E-state index is -3.59. The number of esters is 2. The Bertz CT molecular complexity index is 823. The number of halogens is 1. The van der Waals surface area contributed by atoms with Crippen LogP contribution in [0.15, 0.2) is 40.3 Å². The molecule has 0 heterocycles. The van der Waals surface area contributed by atoms with Crippen molar-refractivity contribution in [3.63, 3.8) is 0 Å². The summed E-state index contributed by atoms with van der Waals surface area (Å²) >= 11 is -3.59. The normalized spacial score (nSPS) is 13.6. The predicted octanol–water partition coefficient (Wildman–Crippen LogP) is 6.13. The topological polar surface area (TPSA) is 81.7 Å². The molecule has 0 saturated heterocycles. The van der Waals surface area contributed by atoms with Crippen molar-refractivity contribution in [1.82, 2.24) is 5.32 Å². The van der Waals surface area contributed by atoms with E-state index in [1.165, 1.54) is 13.2 Å². The summed E-state index contributed by atoms with van der Waals surface area (Å²) in [6.07, 6.45) is 6.28. The van der Waals surface area contributed by atoms with Gasteiger partial charge in [-0.3, -0.25) is 0 Å². The van der Waals surface area contributed by atoms with E-state index in [1.54, 1.807) is 30.3 Å². The summed E-state index contributed by atoms with van der Waals surface area (Å²) in [7, 11) is 2.35. The molecule has 35 heavy (non-hydrogen) atoms. The summed E-state index contributed by atoms with van der Waals surface area (Å²) in [4.78, 5) is 38.6. The molecule has 1 rings (SSSR count). The molecule has 0 radical (unpaired) electrons. The molecule has 0 spiro atoms. The van der Waals surface area contributed by atoms with Gasteiger partial charge in [0.2, 0.25) is 0 Å². The molecular weight excluding hydrogens is 556 g/mol. The van der Waals surface area contributed by atoms with Crippen molar-refractivity contribution >= 4 is 36.2 Å². The average molecular weight is 598 g/mol. The third kappa shape index (κ3) is 9.24. The van der Waals surface area contributed by atoms with Crippen LogP contribution in [0.3, 0.4) is 0 Å². The van der Waals surface area contributed by atoms with E-state index in [4.69, 9.17) is 9.47 Å². The summed E-state index contributed by atoms with van der Waals surface area (Å²) in [5.74, 6) is -2.24. The van der Waals surface area contributed by atoms with Gasteiger partial charge in [-0.15, -0.1) is 0 Å². The molecule has 0 aliphatic rings. The van der Waals surface area contributed by atoms with Gasteiger partial charge in [-0.25, -0.2) is 0 Å². The molecule has 0 aliphatic carbocycles. The van der Waals surface area contributed by atoms with E-state index in [1.807, 2.05) is 0 Å². The molecular formula is C27H42FNO5Sn. The molecule has 8 heteroatoms. The number of methoxy groups -OCH3 is 2. The molecule has 0 fully saturated rings. The first-order chi connectivity index (χ1) is 16.7. The Labute approximate surface area is 213 Å². The molecule has 6 nitrogen and oxygen atoms in total. The zero-order valence-corrected chi connectivity index (χ0v) is 24.8. The van der Waals surface area contributed by atoms with Gasteiger partial charge in [-0.1, -0.05) is 0 Å². The van der Waals surface area contributed by atoms with Crippen LogP contribution in [0, 0.1) is 0 Å². The summed E-state index contributed by atoms with van der Waals surface area (Å²) in [6.45, 7) is 6.27. The standard InChI is InChI=1S/C15H15FNO5.3C4H9.Sn/c1-21-12(18)10-15(8-9-16,14(20)22-2)17-13(19)11-6-4-3-5-7-11;3*1-3-4-2;/h3-8H,10H2,1-2H3,(H,17,19);3*1,3-4H2,2H3;/t15-;;;;/m1..../s1. The molecule has 0 bridgehead atoms. The molecule has 0 unspecified atom stereocenters. The van der Waals surface area contributed by atoms with Gasteiger partial charge in [0.05, 0.1) is 0 Å². The Hall–Kier alpha value is -1.90. The molecule has 1 N–H and O–H groups in total. The van der Waals surface area contributed by atoms with Crippen LogP contribution in [-0.4, -0.2) is 56.0 Å². The second-order valence-corrected chi connectivity index (χ2v) is 22.1. The van der Waals surface area contributed by atoms with Crippen molar-refractivity contribution in [2.75, 3.05) is 14.2 Å². The van der Waals surface area contributed by atoms with Gasteiger partial charge in [0.25, 0.3) is 0 Å². The Morgan fingerprint density at radius 1 is 0.914 bits per heavy atom. The zero-order chi connectivity index (χ0) is 26.3. The fraction of sp³-hybridized carbons (Fsp3) is 0.593. The van der Waals surface area contributed by atoms with Crippen molar-refractivity contribution in [1.29, 1.82) is 0 Å². The van der Waals surface area contributed by atoms with E-state index in [9.17, 15) is 14.4 Å². The fourth-order valence-corrected chi connectivity index (χ4v) is 18.9. The average Bonchev–Trinajstić information content (AvgIpc) is 2.88. The molecule has 0 aliphatic heterocycles. The van der Waals surface area contributed by atoms with Crippen LogP contribution in [0.4, 0.5) is 4.39 Å². The van der Waals surface area contributed by atoms with Crippen LogP contribution >= 0.6 is 0 Å². The Kier molecular flexibility index (Phi) is 14.2. The molecule has 1 aromatic rings. The van der Waals surface area contributed by atoms with Gasteiger partial charge in [0, 0.05) is 0 Å². The first-order valence-corrected chi connectivity index (χ1v) is 20.1. The van der Waals surface area contributed by atoms with Crippen molar-refractivity contribution < 1.29 is 28.2 Å². The Morgan fingerprint density at radius 3 is 1.86 bits per heavy atom. The van der Waals surface area contributed by atoms with Gasteiger partial charge in [0.15, 0.2) is 0 Å². The molecule has 0 saturated carbocycles. The monoisotopic (exact) mass is 599 g/mol. The summed E-state index contributed by atoms with van der Waals surface area (Å²) < 4.78 is 28.6. The van der Waals surface area contributed by atoms with Gasteiger partial charge in [0.1, 0.15) is 0 Å².